The first-order valence-electron chi connectivity index (χ1n) is 28.2. The molecule has 0 bridgehead atoms. The summed E-state index contributed by atoms with van der Waals surface area (Å²) in [5.41, 5.74) is 4.77. The Hall–Kier alpha value is -8.15. The molecule has 18 heteroatoms. The van der Waals surface area contributed by atoms with Crippen LogP contribution in [0.15, 0.2) is 216 Å². The lowest BCUT2D eigenvalue weighted by Gasteiger charge is -2.35. The lowest BCUT2D eigenvalue weighted by molar-refractivity contribution is -0.159. The maximum atomic E-state index is 14.4. The Morgan fingerprint density at radius 1 is 0.671 bits per heavy atom. The Labute approximate surface area is 497 Å². The predicted octanol–water partition coefficient (Wildman–Crippen LogP) is 12.0. The summed E-state index contributed by atoms with van der Waals surface area (Å²) in [5, 5.41) is 14.0. The van der Waals surface area contributed by atoms with Gasteiger partial charge >= 0.3 is 25.6 Å². The fourth-order valence-electron chi connectivity index (χ4n) is 11.0. The highest BCUT2D eigenvalue weighted by molar-refractivity contribution is 8.00. The third-order valence-electron chi connectivity index (χ3n) is 15.2. The van der Waals surface area contributed by atoms with Crippen molar-refractivity contribution in [2.45, 2.75) is 87.7 Å². The number of aromatic nitrogens is 2. The van der Waals surface area contributed by atoms with E-state index in [0.717, 1.165) is 64.1 Å². The number of ether oxygens (including phenoxy) is 3. The number of benzene rings is 7. The number of amides is 1. The summed E-state index contributed by atoms with van der Waals surface area (Å²) >= 11 is 1.89. The van der Waals surface area contributed by atoms with Gasteiger partial charge in [0.2, 0.25) is 0 Å². The molecule has 2 heterocycles. The van der Waals surface area contributed by atoms with Gasteiger partial charge < -0.3 is 29.2 Å². The number of aliphatic hydroxyl groups is 1. The Kier molecular flexibility index (Phi) is 18.6. The monoisotopic (exact) mass is 1180 g/mol. The third kappa shape index (κ3) is 13.5. The number of fused-ring (bicyclic) bond motifs is 3. The summed E-state index contributed by atoms with van der Waals surface area (Å²) < 4.78 is 44.7. The molecule has 0 saturated carbocycles. The van der Waals surface area contributed by atoms with Crippen molar-refractivity contribution in [1.82, 2.24) is 14.5 Å². The van der Waals surface area contributed by atoms with Crippen LogP contribution in [-0.2, 0) is 32.8 Å². The number of alkyl carbamates (subject to hydrolysis) is 1. The number of phosphoric ester groups is 1. The van der Waals surface area contributed by atoms with Gasteiger partial charge in [-0.3, -0.25) is 28.4 Å². The van der Waals surface area contributed by atoms with Gasteiger partial charge in [0.1, 0.15) is 37.2 Å². The van der Waals surface area contributed by atoms with Crippen molar-refractivity contribution >= 4 is 37.6 Å². The van der Waals surface area contributed by atoms with E-state index >= 15 is 0 Å². The average Bonchev–Trinajstić information content (AvgIpc) is 2.16. The number of hydrogen-bond acceptors (Lipinski definition) is 13. The van der Waals surface area contributed by atoms with E-state index in [0.29, 0.717) is 16.6 Å². The van der Waals surface area contributed by atoms with Gasteiger partial charge in [0.15, 0.2) is 6.23 Å². The van der Waals surface area contributed by atoms with Crippen LogP contribution in [0.5, 0.6) is 5.75 Å². The van der Waals surface area contributed by atoms with Gasteiger partial charge in [-0.15, -0.1) is 11.8 Å². The molecule has 3 unspecified atom stereocenters. The largest absolute Gasteiger partial charge is 0.527 e. The van der Waals surface area contributed by atoms with Crippen LogP contribution < -0.4 is 21.1 Å². The standard InChI is InChI=1S/C67H66N3O13PS/c1-66(2,3)63(74)79-44-57-60(83-84(77,78)82-50-38-36-45(37-39-50)56(71)35-17-8-22-42-85-67(47-25-11-5-12-26-47,48-27-13-6-14-28-48)49-29-15-7-16-30-49)59(62(81-57)69-41-40-58(72)70(65(69)76)61(73)46-23-9-4-10-24-46)68-64(75)80-43-55-53-33-20-18-31-51(53)52-32-19-21-34-54(52)55/h4-7,9-16,18-21,23-34,36-41,55-57,59-60,62,71H,8,17,22,35,42-44H2,1-3H3,(H,68,75)(H,77,78)/t56?,57-,59?,60+,62-/m1/s1. The van der Waals surface area contributed by atoms with Crippen LogP contribution in [0.2, 0.25) is 0 Å². The number of nitrogens with one attached hydrogen (secondary N) is 1. The molecule has 1 aliphatic heterocycles. The molecule has 16 nitrogen and oxygen atoms in total. The van der Waals surface area contributed by atoms with Crippen molar-refractivity contribution in [3.63, 3.8) is 0 Å². The molecule has 85 heavy (non-hydrogen) atoms. The lowest BCUT2D eigenvalue weighted by atomic mass is 9.84. The van der Waals surface area contributed by atoms with Crippen molar-refractivity contribution in [3.8, 4) is 16.9 Å². The quantitative estimate of drug-likeness (QED) is 0.0249. The molecule has 1 amide bonds. The Morgan fingerprint density at radius 3 is 1.78 bits per heavy atom. The Bertz CT molecular complexity index is 3640. The van der Waals surface area contributed by atoms with E-state index in [-0.39, 0.29) is 23.8 Å². The second-order valence-electron chi connectivity index (χ2n) is 22.0. The molecular formula is C67H66N3O13PS. The average molecular weight is 1180 g/mol. The first-order chi connectivity index (χ1) is 41.0. The van der Waals surface area contributed by atoms with E-state index in [1.54, 1.807) is 51.1 Å². The van der Waals surface area contributed by atoms with Crippen molar-refractivity contribution < 1.29 is 52.2 Å². The van der Waals surface area contributed by atoms with E-state index in [1.807, 2.05) is 78.5 Å². The van der Waals surface area contributed by atoms with Crippen molar-refractivity contribution in [3.05, 3.63) is 266 Å². The number of esters is 1. The molecule has 0 spiro atoms. The lowest BCUT2D eigenvalue weighted by Crippen LogP contribution is -2.51. The van der Waals surface area contributed by atoms with Gasteiger partial charge in [-0.2, -0.15) is 4.57 Å². The zero-order valence-electron chi connectivity index (χ0n) is 47.2. The number of phosphoric acid groups is 1. The summed E-state index contributed by atoms with van der Waals surface area (Å²) in [6.07, 6.45) is -2.88. The molecule has 3 N–H and O–H groups in total. The predicted molar refractivity (Wildman–Crippen MR) is 324 cm³/mol. The Morgan fingerprint density at radius 2 is 1.21 bits per heavy atom. The maximum absolute atomic E-state index is 14.4. The summed E-state index contributed by atoms with van der Waals surface area (Å²) in [6.45, 7) is 4.07. The number of nitrogens with zero attached hydrogens (tertiary/aromatic N) is 2. The molecule has 8 aromatic rings. The van der Waals surface area contributed by atoms with Crippen LogP contribution in [0, 0.1) is 5.41 Å². The van der Waals surface area contributed by atoms with Crippen LogP contribution >= 0.6 is 19.6 Å². The molecule has 10 rings (SSSR count). The van der Waals surface area contributed by atoms with E-state index in [2.05, 4.69) is 78.1 Å². The molecular weight excluding hydrogens is 1120 g/mol. The van der Waals surface area contributed by atoms with Gasteiger partial charge in [0.05, 0.1) is 16.3 Å². The minimum Gasteiger partial charge on any atom is -0.462 e. The molecule has 6 atom stereocenters. The summed E-state index contributed by atoms with van der Waals surface area (Å²) in [6, 6.07) is 60.0. The van der Waals surface area contributed by atoms with Gasteiger partial charge in [0, 0.05) is 23.7 Å². The van der Waals surface area contributed by atoms with E-state index < -0.39 is 84.4 Å². The third-order valence-corrected chi connectivity index (χ3v) is 17.8. The number of aliphatic hydroxyl groups excluding tert-OH is 1. The van der Waals surface area contributed by atoms with Gasteiger partial charge in [-0.1, -0.05) is 183 Å². The minimum absolute atomic E-state index is 0.0178. The van der Waals surface area contributed by atoms with Crippen LogP contribution in [0.1, 0.15) is 108 Å². The smallest absolute Gasteiger partial charge is 0.462 e. The summed E-state index contributed by atoms with van der Waals surface area (Å²) in [4.78, 5) is 80.7. The molecule has 1 fully saturated rings. The number of unbranched alkanes of at least 4 members (excludes halogenated alkanes) is 2. The second kappa shape index (κ2) is 26.4. The minimum atomic E-state index is -5.28. The first-order valence-corrected chi connectivity index (χ1v) is 30.7. The number of carbonyl (C=O) groups excluding carboxylic acids is 3. The number of carbonyl (C=O) groups is 3. The van der Waals surface area contributed by atoms with E-state index in [1.165, 1.54) is 41.0 Å². The molecule has 7 aromatic carbocycles. The summed E-state index contributed by atoms with van der Waals surface area (Å²) in [7, 11) is -5.28. The van der Waals surface area contributed by atoms with Gasteiger partial charge in [-0.05, 0) is 108 Å². The van der Waals surface area contributed by atoms with E-state index in [4.69, 9.17) is 23.3 Å². The van der Waals surface area contributed by atoms with Gasteiger partial charge in [0.25, 0.3) is 11.5 Å². The Balaban J connectivity index is 0.854. The molecule has 1 aliphatic carbocycles. The molecule has 1 aromatic heterocycles. The normalized spacial score (nSPS) is 17.7. The highest BCUT2D eigenvalue weighted by Crippen LogP contribution is 2.51. The van der Waals surface area contributed by atoms with Crippen molar-refractivity contribution in [2.24, 2.45) is 5.41 Å². The van der Waals surface area contributed by atoms with Crippen LogP contribution in [0.3, 0.4) is 0 Å². The van der Waals surface area contributed by atoms with E-state index in [9.17, 15) is 38.5 Å². The molecule has 1 saturated heterocycles. The number of thioether (sulfide) groups is 1. The second-order valence-corrected chi connectivity index (χ2v) is 24.6. The zero-order valence-corrected chi connectivity index (χ0v) is 48.9. The van der Waals surface area contributed by atoms with Gasteiger partial charge in [-0.25, -0.2) is 14.2 Å². The maximum Gasteiger partial charge on any atom is 0.527 e. The molecule has 438 valence electrons. The van der Waals surface area contributed by atoms with Crippen LogP contribution in [0.4, 0.5) is 4.79 Å². The highest BCUT2D eigenvalue weighted by atomic mass is 32.2. The van der Waals surface area contributed by atoms with Crippen molar-refractivity contribution in [1.29, 1.82) is 0 Å². The van der Waals surface area contributed by atoms with Crippen molar-refractivity contribution in [2.75, 3.05) is 19.0 Å². The fraction of sp³-hybridized carbons (Fsp3) is 0.269. The molecule has 2 aliphatic rings. The fourth-order valence-corrected chi connectivity index (χ4v) is 13.5. The van der Waals surface area contributed by atoms with Crippen LogP contribution in [0.25, 0.3) is 11.1 Å². The van der Waals surface area contributed by atoms with Crippen LogP contribution in [-0.4, -0.2) is 74.3 Å². The first kappa shape index (κ1) is 60.0. The molecule has 0 radical (unpaired) electrons. The number of hydrogen-bond donors (Lipinski definition) is 3. The number of rotatable bonds is 22. The summed E-state index contributed by atoms with van der Waals surface area (Å²) in [5.74, 6) is -1.28. The SMILES string of the molecule is CC(C)(C)C(=O)OC[C@H]1O[C@@H](n2ccc(=O)n(C(=O)c3ccccc3)c2=O)C(NC(=O)OCC2c3ccccc3-c3ccccc32)[C@H]1OP(=O)(O)Oc1ccc(C(O)CCCCCSC(c2ccccc2)(c2ccccc2)c2ccccc2)cc1. The zero-order chi connectivity index (χ0) is 59.7. The highest BCUT2D eigenvalue weighted by Gasteiger charge is 2.52. The topological polar surface area (TPSA) is 211 Å².